The number of hydrogen-bond acceptors (Lipinski definition) is 5. The number of nitrogens with one attached hydrogen (secondary N) is 1. The van der Waals surface area contributed by atoms with E-state index in [-0.39, 0.29) is 33.4 Å². The summed E-state index contributed by atoms with van der Waals surface area (Å²) in [5.41, 5.74) is 3.60. The van der Waals surface area contributed by atoms with Gasteiger partial charge < -0.3 is 0 Å². The SMILES string of the molecule is Cc1ccc(N2C(=O)c3ccc(C(=O)c4ccc5c(c4)C(=O)NC5=O)cc3C2=O)cc1C. The zero-order valence-corrected chi connectivity index (χ0v) is 17.2. The van der Waals surface area contributed by atoms with Crippen LogP contribution in [-0.4, -0.2) is 29.4 Å². The number of hydrogen-bond donors (Lipinski definition) is 1. The van der Waals surface area contributed by atoms with Crippen molar-refractivity contribution >= 4 is 35.1 Å². The van der Waals surface area contributed by atoms with Crippen LogP contribution in [0.5, 0.6) is 0 Å². The maximum atomic E-state index is 13.1. The van der Waals surface area contributed by atoms with Crippen LogP contribution in [0.25, 0.3) is 0 Å². The summed E-state index contributed by atoms with van der Waals surface area (Å²) in [6.07, 6.45) is 0. The summed E-state index contributed by atoms with van der Waals surface area (Å²) in [6, 6.07) is 13.9. The molecule has 2 aliphatic rings. The van der Waals surface area contributed by atoms with Gasteiger partial charge in [0.1, 0.15) is 0 Å². The number of rotatable bonds is 3. The fourth-order valence-corrected chi connectivity index (χ4v) is 3.96. The molecule has 0 bridgehead atoms. The maximum Gasteiger partial charge on any atom is 0.266 e. The fraction of sp³-hybridized carbons (Fsp3) is 0.0800. The molecule has 1 N–H and O–H groups in total. The number of benzene rings is 3. The molecule has 0 aliphatic carbocycles. The number of ketones is 1. The molecule has 5 rings (SSSR count). The summed E-state index contributed by atoms with van der Waals surface area (Å²) in [7, 11) is 0. The van der Waals surface area contributed by atoms with E-state index in [0.717, 1.165) is 16.0 Å². The van der Waals surface area contributed by atoms with Crippen molar-refractivity contribution in [3.8, 4) is 0 Å². The Balaban J connectivity index is 1.51. The molecule has 0 radical (unpaired) electrons. The second-order valence-corrected chi connectivity index (χ2v) is 7.85. The van der Waals surface area contributed by atoms with Gasteiger partial charge >= 0.3 is 0 Å². The number of nitrogens with zero attached hydrogens (tertiary/aromatic N) is 1. The van der Waals surface area contributed by atoms with Crippen molar-refractivity contribution in [1.29, 1.82) is 0 Å². The minimum atomic E-state index is -0.557. The van der Waals surface area contributed by atoms with Crippen molar-refractivity contribution in [2.75, 3.05) is 4.90 Å². The third-order valence-electron chi connectivity index (χ3n) is 5.90. The molecule has 0 unspecified atom stereocenters. The Hall–Kier alpha value is -4.39. The Labute approximate surface area is 182 Å². The smallest absolute Gasteiger partial charge is 0.266 e. The summed E-state index contributed by atoms with van der Waals surface area (Å²) < 4.78 is 0. The van der Waals surface area contributed by atoms with Gasteiger partial charge in [-0.2, -0.15) is 0 Å². The number of imide groups is 2. The van der Waals surface area contributed by atoms with Crippen LogP contribution in [0.1, 0.15) is 68.5 Å². The van der Waals surface area contributed by atoms with E-state index in [1.165, 1.54) is 36.4 Å². The molecule has 2 heterocycles. The molecular formula is C25H16N2O5. The van der Waals surface area contributed by atoms with Gasteiger partial charge in [0.15, 0.2) is 5.78 Å². The largest absolute Gasteiger partial charge is 0.289 e. The standard InChI is InChI=1S/C25H16N2O5/c1-12-3-6-16(9-13(12)2)27-24(31)18-8-5-15(11-20(18)25(27)32)21(28)14-4-7-17-19(10-14)23(30)26-22(17)29/h3-11H,1-2H3,(H,26,29,30). The first-order valence-electron chi connectivity index (χ1n) is 9.91. The summed E-state index contributed by atoms with van der Waals surface area (Å²) in [4.78, 5) is 63.7. The molecule has 0 aromatic heterocycles. The minimum absolute atomic E-state index is 0.134. The van der Waals surface area contributed by atoms with Gasteiger partial charge in [-0.1, -0.05) is 18.2 Å². The molecule has 7 nitrogen and oxygen atoms in total. The average Bonchev–Trinajstić information content (AvgIpc) is 3.21. The molecule has 2 aliphatic heterocycles. The van der Waals surface area contributed by atoms with Crippen LogP contribution in [0, 0.1) is 13.8 Å². The van der Waals surface area contributed by atoms with Crippen molar-refractivity contribution in [1.82, 2.24) is 5.32 Å². The summed E-state index contributed by atoms with van der Waals surface area (Å²) in [6.45, 7) is 3.84. The second kappa shape index (κ2) is 6.81. The van der Waals surface area contributed by atoms with Gasteiger partial charge in [-0.05, 0) is 61.4 Å². The van der Waals surface area contributed by atoms with Gasteiger partial charge in [0, 0.05) is 11.1 Å². The van der Waals surface area contributed by atoms with Gasteiger partial charge in [-0.3, -0.25) is 29.3 Å². The van der Waals surface area contributed by atoms with Crippen LogP contribution in [0.2, 0.25) is 0 Å². The van der Waals surface area contributed by atoms with E-state index in [2.05, 4.69) is 5.32 Å². The van der Waals surface area contributed by atoms with Crippen molar-refractivity contribution in [2.24, 2.45) is 0 Å². The third-order valence-corrected chi connectivity index (χ3v) is 5.90. The van der Waals surface area contributed by atoms with E-state index < -0.39 is 29.4 Å². The Morgan fingerprint density at radius 3 is 1.94 bits per heavy atom. The highest BCUT2D eigenvalue weighted by atomic mass is 16.2. The Morgan fingerprint density at radius 1 is 0.656 bits per heavy atom. The number of amides is 4. The van der Waals surface area contributed by atoms with E-state index in [0.29, 0.717) is 5.69 Å². The summed E-state index contributed by atoms with van der Waals surface area (Å²) in [5.74, 6) is -2.43. The number of carbonyl (C=O) groups excluding carboxylic acids is 5. The highest BCUT2D eigenvalue weighted by molar-refractivity contribution is 6.35. The predicted molar refractivity (Wildman–Crippen MR) is 115 cm³/mol. The molecule has 0 atom stereocenters. The Bertz CT molecular complexity index is 1420. The van der Waals surface area contributed by atoms with Crippen LogP contribution in [0.3, 0.4) is 0 Å². The molecule has 32 heavy (non-hydrogen) atoms. The lowest BCUT2D eigenvalue weighted by atomic mass is 9.96. The first-order chi connectivity index (χ1) is 15.3. The van der Waals surface area contributed by atoms with Crippen molar-refractivity contribution in [2.45, 2.75) is 13.8 Å². The van der Waals surface area contributed by atoms with Crippen molar-refractivity contribution in [3.05, 3.63) is 99.1 Å². The molecular weight excluding hydrogens is 408 g/mol. The molecule has 0 saturated heterocycles. The maximum absolute atomic E-state index is 13.1. The normalized spacial score (nSPS) is 14.5. The van der Waals surface area contributed by atoms with Gasteiger partial charge in [-0.25, -0.2) is 4.90 Å². The zero-order valence-electron chi connectivity index (χ0n) is 17.2. The number of aryl methyl sites for hydroxylation is 2. The molecule has 0 spiro atoms. The number of fused-ring (bicyclic) bond motifs is 2. The lowest BCUT2D eigenvalue weighted by Gasteiger charge is -2.15. The Kier molecular flexibility index (Phi) is 4.17. The van der Waals surface area contributed by atoms with Gasteiger partial charge in [-0.15, -0.1) is 0 Å². The quantitative estimate of drug-likeness (QED) is 0.514. The van der Waals surface area contributed by atoms with Gasteiger partial charge in [0.05, 0.1) is 27.9 Å². The highest BCUT2D eigenvalue weighted by Gasteiger charge is 2.37. The van der Waals surface area contributed by atoms with E-state index in [9.17, 15) is 24.0 Å². The van der Waals surface area contributed by atoms with Gasteiger partial charge in [0.2, 0.25) is 0 Å². The van der Waals surface area contributed by atoms with E-state index in [4.69, 9.17) is 0 Å². The lowest BCUT2D eigenvalue weighted by Crippen LogP contribution is -2.29. The first-order valence-corrected chi connectivity index (χ1v) is 9.91. The fourth-order valence-electron chi connectivity index (χ4n) is 3.96. The second-order valence-electron chi connectivity index (χ2n) is 7.85. The van der Waals surface area contributed by atoms with Gasteiger partial charge in [0.25, 0.3) is 23.6 Å². The van der Waals surface area contributed by atoms with Crippen LogP contribution in [0.4, 0.5) is 5.69 Å². The average molecular weight is 424 g/mol. The Morgan fingerprint density at radius 2 is 1.25 bits per heavy atom. The molecule has 4 amide bonds. The van der Waals surface area contributed by atoms with Crippen molar-refractivity contribution < 1.29 is 24.0 Å². The van der Waals surface area contributed by atoms with Crippen LogP contribution in [-0.2, 0) is 0 Å². The summed E-state index contributed by atoms with van der Waals surface area (Å²) >= 11 is 0. The highest BCUT2D eigenvalue weighted by Crippen LogP contribution is 2.31. The topological polar surface area (TPSA) is 101 Å². The minimum Gasteiger partial charge on any atom is -0.289 e. The summed E-state index contributed by atoms with van der Waals surface area (Å²) in [5, 5.41) is 2.18. The van der Waals surface area contributed by atoms with Crippen molar-refractivity contribution in [3.63, 3.8) is 0 Å². The van der Waals surface area contributed by atoms with Crippen LogP contribution < -0.4 is 10.2 Å². The third kappa shape index (κ3) is 2.79. The zero-order chi connectivity index (χ0) is 22.7. The van der Waals surface area contributed by atoms with E-state index in [1.54, 1.807) is 12.1 Å². The lowest BCUT2D eigenvalue weighted by molar-refractivity contribution is 0.0874. The van der Waals surface area contributed by atoms with E-state index in [1.807, 2.05) is 19.9 Å². The van der Waals surface area contributed by atoms with Crippen LogP contribution >= 0.6 is 0 Å². The molecule has 0 saturated carbocycles. The molecule has 3 aromatic rings. The molecule has 7 heteroatoms. The molecule has 3 aromatic carbocycles. The van der Waals surface area contributed by atoms with Crippen LogP contribution in [0.15, 0.2) is 54.6 Å². The van der Waals surface area contributed by atoms with E-state index >= 15 is 0 Å². The molecule has 0 fully saturated rings. The first kappa shape index (κ1) is 19.6. The number of carbonyl (C=O) groups is 5. The molecule has 156 valence electrons. The predicted octanol–water partition coefficient (Wildman–Crippen LogP) is 3.22. The number of anilines is 1. The monoisotopic (exact) mass is 424 g/mol.